The lowest BCUT2D eigenvalue weighted by Crippen LogP contribution is -2.34. The van der Waals surface area contributed by atoms with E-state index in [0.717, 1.165) is 30.6 Å². The highest BCUT2D eigenvalue weighted by Crippen LogP contribution is 2.17. The average molecular weight is 289 g/mol. The number of hydrogen-bond donors (Lipinski definition) is 2. The summed E-state index contributed by atoms with van der Waals surface area (Å²) in [6.45, 7) is 2.12. The Hall–Kier alpha value is -1.88. The number of benzene rings is 1. The van der Waals surface area contributed by atoms with Gasteiger partial charge in [-0.3, -0.25) is 9.59 Å². The van der Waals surface area contributed by atoms with Gasteiger partial charge < -0.3 is 15.5 Å². The highest BCUT2D eigenvalue weighted by Gasteiger charge is 2.17. The molecule has 0 saturated carbocycles. The Morgan fingerprint density at radius 1 is 1.33 bits per heavy atom. The monoisotopic (exact) mass is 289 g/mol. The van der Waals surface area contributed by atoms with Crippen molar-refractivity contribution in [2.24, 2.45) is 0 Å². The van der Waals surface area contributed by atoms with Crippen molar-refractivity contribution in [1.29, 1.82) is 0 Å². The smallest absolute Gasteiger partial charge is 0.225 e. The number of nitrogens with one attached hydrogen (secondary N) is 2. The molecule has 0 spiro atoms. The van der Waals surface area contributed by atoms with Crippen molar-refractivity contribution in [3.8, 4) is 0 Å². The number of carbonyl (C=O) groups is 2. The molecule has 2 rings (SSSR count). The van der Waals surface area contributed by atoms with Crippen molar-refractivity contribution in [3.63, 3.8) is 0 Å². The third kappa shape index (κ3) is 4.86. The maximum absolute atomic E-state index is 11.8. The van der Waals surface area contributed by atoms with E-state index in [4.69, 9.17) is 0 Å². The van der Waals surface area contributed by atoms with Gasteiger partial charge in [0.1, 0.15) is 0 Å². The molecule has 0 unspecified atom stereocenters. The molecule has 5 heteroatoms. The Morgan fingerprint density at radius 2 is 2.19 bits per heavy atom. The minimum absolute atomic E-state index is 0.00412. The zero-order valence-electron chi connectivity index (χ0n) is 12.5. The van der Waals surface area contributed by atoms with Crippen LogP contribution in [0.1, 0.15) is 31.2 Å². The quantitative estimate of drug-likeness (QED) is 0.838. The fourth-order valence-corrected chi connectivity index (χ4v) is 2.46. The van der Waals surface area contributed by atoms with Gasteiger partial charge in [-0.1, -0.05) is 12.1 Å². The summed E-state index contributed by atoms with van der Waals surface area (Å²) >= 11 is 0. The third-order valence-electron chi connectivity index (χ3n) is 3.61. The van der Waals surface area contributed by atoms with E-state index in [9.17, 15) is 9.59 Å². The van der Waals surface area contributed by atoms with E-state index < -0.39 is 0 Å². The van der Waals surface area contributed by atoms with Crippen LogP contribution in [0.3, 0.4) is 0 Å². The summed E-state index contributed by atoms with van der Waals surface area (Å²) in [6.07, 6.45) is 3.18. The maximum atomic E-state index is 11.8. The number of likely N-dealkylation sites (tertiary alicyclic amines) is 1. The molecule has 2 amide bonds. The summed E-state index contributed by atoms with van der Waals surface area (Å²) < 4.78 is 0. The van der Waals surface area contributed by atoms with E-state index in [0.29, 0.717) is 25.9 Å². The predicted octanol–water partition coefficient (Wildman–Crippen LogP) is 1.75. The topological polar surface area (TPSA) is 61.4 Å². The summed E-state index contributed by atoms with van der Waals surface area (Å²) in [5.41, 5.74) is 1.84. The number of hydrogen-bond acceptors (Lipinski definition) is 3. The minimum atomic E-state index is -0.00412. The van der Waals surface area contributed by atoms with Crippen molar-refractivity contribution in [2.45, 2.75) is 32.2 Å². The summed E-state index contributed by atoms with van der Waals surface area (Å²) in [5.74, 6) is 0.222. The standard InChI is InChI=1S/C16H23N3O2/c1-17-9-8-15(20)18-14-6-4-5-13(11-14)12-19-10-3-2-7-16(19)21/h4-6,11,17H,2-3,7-10,12H2,1H3,(H,18,20). The molecule has 114 valence electrons. The largest absolute Gasteiger partial charge is 0.338 e. The SMILES string of the molecule is CNCCC(=O)Nc1cccc(CN2CCCCC2=O)c1. The number of nitrogens with zero attached hydrogens (tertiary/aromatic N) is 1. The highest BCUT2D eigenvalue weighted by atomic mass is 16.2. The molecule has 5 nitrogen and oxygen atoms in total. The van der Waals surface area contributed by atoms with Crippen LogP contribution in [0.4, 0.5) is 5.69 Å². The van der Waals surface area contributed by atoms with E-state index in [1.54, 1.807) is 0 Å². The van der Waals surface area contributed by atoms with Crippen LogP contribution >= 0.6 is 0 Å². The van der Waals surface area contributed by atoms with Gasteiger partial charge in [0.15, 0.2) is 0 Å². The first-order valence-electron chi connectivity index (χ1n) is 7.50. The van der Waals surface area contributed by atoms with E-state index in [2.05, 4.69) is 10.6 Å². The van der Waals surface area contributed by atoms with E-state index >= 15 is 0 Å². The first kappa shape index (κ1) is 15.5. The zero-order valence-corrected chi connectivity index (χ0v) is 12.5. The van der Waals surface area contributed by atoms with Crippen molar-refractivity contribution >= 4 is 17.5 Å². The number of anilines is 1. The fraction of sp³-hybridized carbons (Fsp3) is 0.500. The molecule has 1 fully saturated rings. The van der Waals surface area contributed by atoms with Crippen molar-refractivity contribution in [2.75, 3.05) is 25.5 Å². The molecule has 0 bridgehead atoms. The van der Waals surface area contributed by atoms with Gasteiger partial charge in [0.25, 0.3) is 0 Å². The molecule has 1 heterocycles. The van der Waals surface area contributed by atoms with Crippen molar-refractivity contribution in [3.05, 3.63) is 29.8 Å². The summed E-state index contributed by atoms with van der Waals surface area (Å²) in [7, 11) is 1.82. The lowest BCUT2D eigenvalue weighted by atomic mass is 10.1. The second-order valence-corrected chi connectivity index (χ2v) is 5.37. The Bertz CT molecular complexity index is 502. The minimum Gasteiger partial charge on any atom is -0.338 e. The van der Waals surface area contributed by atoms with Crippen LogP contribution in [-0.2, 0) is 16.1 Å². The lowest BCUT2D eigenvalue weighted by molar-refractivity contribution is -0.133. The van der Waals surface area contributed by atoms with Crippen LogP contribution in [0.2, 0.25) is 0 Å². The summed E-state index contributed by atoms with van der Waals surface area (Å²) in [6, 6.07) is 7.72. The third-order valence-corrected chi connectivity index (χ3v) is 3.61. The number of amides is 2. The maximum Gasteiger partial charge on any atom is 0.225 e. The number of carbonyl (C=O) groups excluding carboxylic acids is 2. The van der Waals surface area contributed by atoms with Gasteiger partial charge in [-0.25, -0.2) is 0 Å². The van der Waals surface area contributed by atoms with Crippen molar-refractivity contribution in [1.82, 2.24) is 10.2 Å². The van der Waals surface area contributed by atoms with Crippen LogP contribution in [0, 0.1) is 0 Å². The highest BCUT2D eigenvalue weighted by molar-refractivity contribution is 5.90. The average Bonchev–Trinajstić information content (AvgIpc) is 2.48. The second-order valence-electron chi connectivity index (χ2n) is 5.37. The second kappa shape index (κ2) is 7.78. The normalized spacial score (nSPS) is 15.1. The molecule has 0 radical (unpaired) electrons. The number of rotatable bonds is 6. The molecule has 1 aromatic carbocycles. The predicted molar refractivity (Wildman–Crippen MR) is 82.9 cm³/mol. The lowest BCUT2D eigenvalue weighted by Gasteiger charge is -2.26. The zero-order chi connectivity index (χ0) is 15.1. The fourth-order valence-electron chi connectivity index (χ4n) is 2.46. The summed E-state index contributed by atoms with van der Waals surface area (Å²) in [5, 5.41) is 5.83. The van der Waals surface area contributed by atoms with Gasteiger partial charge in [0.2, 0.25) is 11.8 Å². The Balaban J connectivity index is 1.94. The molecule has 2 N–H and O–H groups in total. The van der Waals surface area contributed by atoms with Crippen LogP contribution in [0.5, 0.6) is 0 Å². The summed E-state index contributed by atoms with van der Waals surface area (Å²) in [4.78, 5) is 25.4. The molecular formula is C16H23N3O2. The molecule has 0 aromatic heterocycles. The van der Waals surface area contributed by atoms with Crippen LogP contribution in [0.25, 0.3) is 0 Å². The van der Waals surface area contributed by atoms with E-state index in [1.807, 2.05) is 36.2 Å². The molecule has 0 atom stereocenters. The van der Waals surface area contributed by atoms with Gasteiger partial charge in [-0.2, -0.15) is 0 Å². The molecule has 1 saturated heterocycles. The van der Waals surface area contributed by atoms with Crippen LogP contribution in [0.15, 0.2) is 24.3 Å². The first-order chi connectivity index (χ1) is 10.2. The molecule has 1 aliphatic rings. The molecule has 21 heavy (non-hydrogen) atoms. The van der Waals surface area contributed by atoms with Gasteiger partial charge in [-0.15, -0.1) is 0 Å². The number of piperidine rings is 1. The van der Waals surface area contributed by atoms with Crippen molar-refractivity contribution < 1.29 is 9.59 Å². The van der Waals surface area contributed by atoms with E-state index in [-0.39, 0.29) is 11.8 Å². The van der Waals surface area contributed by atoms with E-state index in [1.165, 1.54) is 0 Å². The molecule has 1 aliphatic heterocycles. The first-order valence-corrected chi connectivity index (χ1v) is 7.50. The van der Waals surface area contributed by atoms with Gasteiger partial charge >= 0.3 is 0 Å². The Morgan fingerprint density at radius 3 is 2.95 bits per heavy atom. The Labute approximate surface area is 125 Å². The van der Waals surface area contributed by atoms with Crippen LogP contribution < -0.4 is 10.6 Å². The molecule has 1 aromatic rings. The van der Waals surface area contributed by atoms with Crippen LogP contribution in [-0.4, -0.2) is 36.9 Å². The van der Waals surface area contributed by atoms with Gasteiger partial charge in [0.05, 0.1) is 0 Å². The Kier molecular flexibility index (Phi) is 5.75. The van der Waals surface area contributed by atoms with Gasteiger partial charge in [-0.05, 0) is 37.6 Å². The van der Waals surface area contributed by atoms with Gasteiger partial charge in [0, 0.05) is 38.2 Å². The molecule has 0 aliphatic carbocycles. The molecular weight excluding hydrogens is 266 g/mol.